The molecule has 6 heteroatoms. The predicted molar refractivity (Wildman–Crippen MR) is 66.4 cm³/mol. The average molecular weight is 268 g/mol. The molecule has 4 nitrogen and oxygen atoms in total. The van der Waals surface area contributed by atoms with Gasteiger partial charge in [-0.15, -0.1) is 0 Å². The molecule has 17 heavy (non-hydrogen) atoms. The van der Waals surface area contributed by atoms with Crippen LogP contribution in [0.3, 0.4) is 0 Å². The van der Waals surface area contributed by atoms with E-state index in [9.17, 15) is 4.79 Å². The van der Waals surface area contributed by atoms with Crippen LogP contribution < -0.4 is 5.32 Å². The second-order valence-corrected chi connectivity index (χ2v) is 4.01. The zero-order valence-electron chi connectivity index (χ0n) is 8.52. The molecule has 0 unspecified atom stereocenters. The first kappa shape index (κ1) is 11.8. The molecular formula is C11H7Cl2N3O. The molecule has 1 amide bonds. The van der Waals surface area contributed by atoms with Gasteiger partial charge in [-0.05, 0) is 24.3 Å². The van der Waals surface area contributed by atoms with Crippen LogP contribution in [0.1, 0.15) is 10.4 Å². The van der Waals surface area contributed by atoms with E-state index in [1.165, 1.54) is 12.4 Å². The lowest BCUT2D eigenvalue weighted by molar-refractivity contribution is 0.102. The Morgan fingerprint density at radius 2 is 1.82 bits per heavy atom. The first-order chi connectivity index (χ1) is 8.15. The lowest BCUT2D eigenvalue weighted by atomic mass is 10.2. The number of anilines is 1. The van der Waals surface area contributed by atoms with Gasteiger partial charge in [0.05, 0.1) is 12.4 Å². The Hall–Kier alpha value is -1.65. The third-order valence-electron chi connectivity index (χ3n) is 1.95. The van der Waals surface area contributed by atoms with E-state index >= 15 is 0 Å². The van der Waals surface area contributed by atoms with Crippen LogP contribution in [0.25, 0.3) is 0 Å². The lowest BCUT2D eigenvalue weighted by Crippen LogP contribution is -2.12. The van der Waals surface area contributed by atoms with Crippen LogP contribution in [0.4, 0.5) is 5.82 Å². The van der Waals surface area contributed by atoms with Crippen molar-refractivity contribution in [3.8, 4) is 0 Å². The minimum absolute atomic E-state index is 0.221. The van der Waals surface area contributed by atoms with Gasteiger partial charge in [-0.1, -0.05) is 23.2 Å². The molecular weight excluding hydrogens is 261 g/mol. The van der Waals surface area contributed by atoms with Crippen molar-refractivity contribution < 1.29 is 4.79 Å². The summed E-state index contributed by atoms with van der Waals surface area (Å²) in [7, 11) is 0. The number of carbonyl (C=O) groups is 1. The SMILES string of the molecule is O=C(Nc1cncc(Cl)n1)c1ccc(Cl)cc1. The molecule has 0 radical (unpaired) electrons. The van der Waals surface area contributed by atoms with Gasteiger partial charge in [0.25, 0.3) is 5.91 Å². The molecule has 0 atom stereocenters. The second kappa shape index (κ2) is 5.12. The highest BCUT2D eigenvalue weighted by Crippen LogP contribution is 2.12. The van der Waals surface area contributed by atoms with Gasteiger partial charge in [0.15, 0.2) is 5.82 Å². The first-order valence-corrected chi connectivity index (χ1v) is 5.45. The monoisotopic (exact) mass is 267 g/mol. The van der Waals surface area contributed by atoms with Crippen molar-refractivity contribution in [2.24, 2.45) is 0 Å². The van der Waals surface area contributed by atoms with E-state index in [0.717, 1.165) is 0 Å². The smallest absolute Gasteiger partial charge is 0.256 e. The molecule has 1 N–H and O–H groups in total. The Labute approximate surface area is 108 Å². The Bertz CT molecular complexity index is 543. The number of benzene rings is 1. The van der Waals surface area contributed by atoms with Crippen LogP contribution in [-0.4, -0.2) is 15.9 Å². The largest absolute Gasteiger partial charge is 0.305 e. The Morgan fingerprint density at radius 3 is 2.47 bits per heavy atom. The highest BCUT2D eigenvalue weighted by Gasteiger charge is 2.06. The molecule has 86 valence electrons. The van der Waals surface area contributed by atoms with Crippen LogP contribution in [0.2, 0.25) is 10.2 Å². The fourth-order valence-electron chi connectivity index (χ4n) is 1.19. The Balaban J connectivity index is 2.14. The summed E-state index contributed by atoms with van der Waals surface area (Å²) in [5.41, 5.74) is 0.483. The van der Waals surface area contributed by atoms with Gasteiger partial charge in [-0.25, -0.2) is 4.98 Å². The van der Waals surface area contributed by atoms with E-state index in [4.69, 9.17) is 23.2 Å². The molecule has 1 aromatic carbocycles. The third kappa shape index (κ3) is 3.15. The zero-order valence-corrected chi connectivity index (χ0v) is 10.0. The minimum Gasteiger partial charge on any atom is -0.305 e. The summed E-state index contributed by atoms with van der Waals surface area (Å²) in [6.07, 6.45) is 2.80. The molecule has 0 saturated carbocycles. The first-order valence-electron chi connectivity index (χ1n) is 4.69. The van der Waals surface area contributed by atoms with Crippen LogP contribution >= 0.6 is 23.2 Å². The molecule has 0 bridgehead atoms. The minimum atomic E-state index is -0.293. The number of amides is 1. The molecule has 0 spiro atoms. The van der Waals surface area contributed by atoms with Crippen molar-refractivity contribution in [2.45, 2.75) is 0 Å². The summed E-state index contributed by atoms with van der Waals surface area (Å²) in [5, 5.41) is 3.37. The van der Waals surface area contributed by atoms with Crippen LogP contribution in [0.5, 0.6) is 0 Å². The number of nitrogens with zero attached hydrogens (tertiary/aromatic N) is 2. The van der Waals surface area contributed by atoms with E-state index in [-0.39, 0.29) is 11.1 Å². The van der Waals surface area contributed by atoms with Gasteiger partial charge < -0.3 is 5.32 Å². The quantitative estimate of drug-likeness (QED) is 0.910. The maximum atomic E-state index is 11.8. The third-order valence-corrected chi connectivity index (χ3v) is 2.39. The number of carbonyl (C=O) groups excluding carboxylic acids is 1. The molecule has 0 aliphatic heterocycles. The number of aromatic nitrogens is 2. The molecule has 1 aromatic heterocycles. The van der Waals surface area contributed by atoms with Gasteiger partial charge in [-0.2, -0.15) is 0 Å². The normalized spacial score (nSPS) is 10.0. The maximum Gasteiger partial charge on any atom is 0.256 e. The zero-order chi connectivity index (χ0) is 12.3. The highest BCUT2D eigenvalue weighted by molar-refractivity contribution is 6.30. The summed E-state index contributed by atoms with van der Waals surface area (Å²) in [6, 6.07) is 6.52. The molecule has 0 saturated heterocycles. The van der Waals surface area contributed by atoms with E-state index in [1.54, 1.807) is 24.3 Å². The molecule has 0 fully saturated rings. The van der Waals surface area contributed by atoms with Crippen molar-refractivity contribution in [1.29, 1.82) is 0 Å². The molecule has 0 aliphatic rings. The number of halogens is 2. The topological polar surface area (TPSA) is 54.9 Å². The average Bonchev–Trinajstić information content (AvgIpc) is 2.29. The van der Waals surface area contributed by atoms with Crippen LogP contribution in [-0.2, 0) is 0 Å². The van der Waals surface area contributed by atoms with Gasteiger partial charge in [0.2, 0.25) is 0 Å². The number of hydrogen-bond donors (Lipinski definition) is 1. The van der Waals surface area contributed by atoms with Crippen molar-refractivity contribution >= 4 is 34.9 Å². The van der Waals surface area contributed by atoms with Crippen molar-refractivity contribution in [2.75, 3.05) is 5.32 Å². The van der Waals surface area contributed by atoms with Gasteiger partial charge in [-0.3, -0.25) is 9.78 Å². The second-order valence-electron chi connectivity index (χ2n) is 3.19. The van der Waals surface area contributed by atoms with Gasteiger partial charge in [0.1, 0.15) is 5.15 Å². The van der Waals surface area contributed by atoms with E-state index in [1.807, 2.05) is 0 Å². The van der Waals surface area contributed by atoms with Gasteiger partial charge in [0, 0.05) is 10.6 Å². The predicted octanol–water partition coefficient (Wildman–Crippen LogP) is 3.04. The van der Waals surface area contributed by atoms with E-state index < -0.39 is 0 Å². The Kier molecular flexibility index (Phi) is 3.56. The van der Waals surface area contributed by atoms with Crippen molar-refractivity contribution in [1.82, 2.24) is 9.97 Å². The summed E-state index contributed by atoms with van der Waals surface area (Å²) in [4.78, 5) is 19.5. The summed E-state index contributed by atoms with van der Waals surface area (Å²) >= 11 is 11.4. The molecule has 0 aliphatic carbocycles. The summed E-state index contributed by atoms with van der Waals surface area (Å²) in [6.45, 7) is 0. The molecule has 2 aromatic rings. The fourth-order valence-corrected chi connectivity index (χ4v) is 1.47. The van der Waals surface area contributed by atoms with Crippen LogP contribution in [0, 0.1) is 0 Å². The lowest BCUT2D eigenvalue weighted by Gasteiger charge is -2.03. The molecule has 2 rings (SSSR count). The standard InChI is InChI=1S/C11H7Cl2N3O/c12-8-3-1-7(2-4-8)11(17)16-10-6-14-5-9(13)15-10/h1-6H,(H,15,16,17). The van der Waals surface area contributed by atoms with Crippen molar-refractivity contribution in [3.05, 3.63) is 52.4 Å². The fraction of sp³-hybridized carbons (Fsp3) is 0. The maximum absolute atomic E-state index is 11.8. The number of rotatable bonds is 2. The van der Waals surface area contributed by atoms with Gasteiger partial charge >= 0.3 is 0 Å². The summed E-state index contributed by atoms with van der Waals surface area (Å²) in [5.74, 6) is 0.00989. The van der Waals surface area contributed by atoms with Crippen LogP contribution in [0.15, 0.2) is 36.7 Å². The van der Waals surface area contributed by atoms with E-state index in [0.29, 0.717) is 16.4 Å². The Morgan fingerprint density at radius 1 is 1.12 bits per heavy atom. The van der Waals surface area contributed by atoms with E-state index in [2.05, 4.69) is 15.3 Å². The molecule has 1 heterocycles. The highest BCUT2D eigenvalue weighted by atomic mass is 35.5. The van der Waals surface area contributed by atoms with Crippen molar-refractivity contribution in [3.63, 3.8) is 0 Å². The number of hydrogen-bond acceptors (Lipinski definition) is 3. The summed E-state index contributed by atoms with van der Waals surface area (Å²) < 4.78 is 0. The number of nitrogens with one attached hydrogen (secondary N) is 1.